The molecule has 0 saturated heterocycles. The summed E-state index contributed by atoms with van der Waals surface area (Å²) in [6, 6.07) is 7.65. The van der Waals surface area contributed by atoms with Crippen LogP contribution in [0.4, 0.5) is 0 Å². The topological polar surface area (TPSA) is 42.9 Å². The van der Waals surface area contributed by atoms with Gasteiger partial charge in [-0.15, -0.1) is 10.2 Å². The van der Waals surface area contributed by atoms with E-state index in [4.69, 9.17) is 0 Å². The maximum absolute atomic E-state index is 12.0. The summed E-state index contributed by atoms with van der Waals surface area (Å²) in [6.45, 7) is 1.95. The molecule has 6 heteroatoms. The Morgan fingerprint density at radius 2 is 2.00 bits per heavy atom. The van der Waals surface area contributed by atoms with Crippen LogP contribution < -0.4 is 0 Å². The minimum absolute atomic E-state index is 0.138. The first kappa shape index (κ1) is 13.6. The summed E-state index contributed by atoms with van der Waals surface area (Å²) in [5, 5.41) is 8.04. The zero-order chi connectivity index (χ0) is 13.0. The molecule has 0 aliphatic carbocycles. The summed E-state index contributed by atoms with van der Waals surface area (Å²) in [6.07, 6.45) is 1.97. The van der Waals surface area contributed by atoms with Crippen molar-refractivity contribution in [2.45, 2.75) is 15.6 Å². The van der Waals surface area contributed by atoms with E-state index in [1.807, 2.05) is 37.4 Å². The third-order valence-electron chi connectivity index (χ3n) is 2.33. The second-order valence-electron chi connectivity index (χ2n) is 3.56. The minimum Gasteiger partial charge on any atom is -0.293 e. The molecule has 0 unspecified atom stereocenters. The predicted molar refractivity (Wildman–Crippen MR) is 77.9 cm³/mol. The van der Waals surface area contributed by atoms with E-state index < -0.39 is 0 Å². The largest absolute Gasteiger partial charge is 0.293 e. The van der Waals surface area contributed by atoms with Gasteiger partial charge in [0.05, 0.1) is 5.75 Å². The number of nitrogens with zero attached hydrogens (tertiary/aromatic N) is 2. The van der Waals surface area contributed by atoms with E-state index >= 15 is 0 Å². The van der Waals surface area contributed by atoms with E-state index in [0.717, 1.165) is 19.8 Å². The molecule has 0 amide bonds. The van der Waals surface area contributed by atoms with Crippen LogP contribution in [-0.2, 0) is 0 Å². The second-order valence-corrected chi connectivity index (χ2v) is 6.82. The van der Waals surface area contributed by atoms with Crippen LogP contribution in [0.15, 0.2) is 32.9 Å². The summed E-state index contributed by atoms with van der Waals surface area (Å²) < 4.78 is 1.78. The number of aryl methyl sites for hydroxylation is 1. The highest BCUT2D eigenvalue weighted by Crippen LogP contribution is 2.27. The van der Waals surface area contributed by atoms with Gasteiger partial charge in [0.2, 0.25) is 0 Å². The number of carbonyl (C=O) groups excluding carboxylic acids is 1. The summed E-state index contributed by atoms with van der Waals surface area (Å²) in [4.78, 5) is 12.0. The fraction of sp³-hybridized carbons (Fsp3) is 0.250. The molecular formula is C12H12N2OS3. The summed E-state index contributed by atoms with van der Waals surface area (Å²) in [5.41, 5.74) is 1.81. The zero-order valence-corrected chi connectivity index (χ0v) is 12.5. The van der Waals surface area contributed by atoms with Crippen molar-refractivity contribution in [3.8, 4) is 0 Å². The Bertz CT molecular complexity index is 554. The van der Waals surface area contributed by atoms with Gasteiger partial charge in [0.1, 0.15) is 0 Å². The Morgan fingerprint density at radius 3 is 2.67 bits per heavy atom. The lowest BCUT2D eigenvalue weighted by Crippen LogP contribution is -2.04. The number of Topliss-reactive ketones (excluding diaryl/α,β-unsaturated/α-hetero) is 1. The molecule has 0 radical (unpaired) electrons. The Kier molecular flexibility index (Phi) is 4.79. The van der Waals surface area contributed by atoms with Gasteiger partial charge in [-0.1, -0.05) is 59.1 Å². The van der Waals surface area contributed by atoms with Crippen molar-refractivity contribution < 1.29 is 4.79 Å². The smallest absolute Gasteiger partial charge is 0.175 e. The van der Waals surface area contributed by atoms with E-state index in [1.165, 1.54) is 23.1 Å². The van der Waals surface area contributed by atoms with Gasteiger partial charge < -0.3 is 0 Å². The number of ketones is 1. The number of rotatable bonds is 5. The SMILES string of the molecule is CSc1nnc(SCC(=O)c2ccccc2C)s1. The lowest BCUT2D eigenvalue weighted by Gasteiger charge is -2.02. The van der Waals surface area contributed by atoms with E-state index in [1.54, 1.807) is 11.8 Å². The normalized spacial score (nSPS) is 10.6. The molecule has 1 aromatic carbocycles. The third kappa shape index (κ3) is 3.34. The molecule has 0 N–H and O–H groups in total. The first-order valence-electron chi connectivity index (χ1n) is 5.30. The summed E-state index contributed by atoms with van der Waals surface area (Å²) >= 11 is 4.55. The summed E-state index contributed by atoms with van der Waals surface area (Å²) in [7, 11) is 0. The van der Waals surface area contributed by atoms with Crippen LogP contribution in [0.3, 0.4) is 0 Å². The molecule has 0 aliphatic heterocycles. The predicted octanol–water partition coefficient (Wildman–Crippen LogP) is 3.54. The van der Waals surface area contributed by atoms with E-state index in [-0.39, 0.29) is 5.78 Å². The molecule has 0 fully saturated rings. The Labute approximate surface area is 118 Å². The molecule has 3 nitrogen and oxygen atoms in total. The average molecular weight is 296 g/mol. The van der Waals surface area contributed by atoms with E-state index in [0.29, 0.717) is 5.75 Å². The number of carbonyl (C=O) groups is 1. The molecule has 94 valence electrons. The Balaban J connectivity index is 1.98. The maximum Gasteiger partial charge on any atom is 0.175 e. The van der Waals surface area contributed by atoms with Crippen LogP contribution in [0.5, 0.6) is 0 Å². The van der Waals surface area contributed by atoms with Gasteiger partial charge in [-0.25, -0.2) is 0 Å². The fourth-order valence-corrected chi connectivity index (χ4v) is 3.75. The summed E-state index contributed by atoms with van der Waals surface area (Å²) in [5.74, 6) is 0.549. The lowest BCUT2D eigenvalue weighted by molar-refractivity contribution is 0.102. The highest BCUT2D eigenvalue weighted by molar-refractivity contribution is 8.03. The number of hydrogen-bond acceptors (Lipinski definition) is 6. The number of benzene rings is 1. The molecule has 18 heavy (non-hydrogen) atoms. The van der Waals surface area contributed by atoms with Crippen molar-refractivity contribution in [1.82, 2.24) is 10.2 Å². The van der Waals surface area contributed by atoms with Crippen molar-refractivity contribution in [3.63, 3.8) is 0 Å². The van der Waals surface area contributed by atoms with Gasteiger partial charge in [0.15, 0.2) is 14.5 Å². The third-order valence-corrected chi connectivity index (χ3v) is 5.37. The molecule has 0 aliphatic rings. The van der Waals surface area contributed by atoms with Crippen molar-refractivity contribution in [3.05, 3.63) is 35.4 Å². The van der Waals surface area contributed by atoms with E-state index in [2.05, 4.69) is 10.2 Å². The highest BCUT2D eigenvalue weighted by atomic mass is 32.2. The Morgan fingerprint density at radius 1 is 1.28 bits per heavy atom. The van der Waals surface area contributed by atoms with Gasteiger partial charge in [0, 0.05) is 5.56 Å². The van der Waals surface area contributed by atoms with Gasteiger partial charge in [-0.05, 0) is 18.7 Å². The van der Waals surface area contributed by atoms with Crippen LogP contribution >= 0.6 is 34.9 Å². The molecule has 0 saturated carbocycles. The number of hydrogen-bond donors (Lipinski definition) is 0. The molecular weight excluding hydrogens is 284 g/mol. The molecule has 0 bridgehead atoms. The van der Waals surface area contributed by atoms with Crippen LogP contribution in [0.25, 0.3) is 0 Å². The van der Waals surface area contributed by atoms with Crippen molar-refractivity contribution >= 4 is 40.6 Å². The molecule has 2 rings (SSSR count). The van der Waals surface area contributed by atoms with Gasteiger partial charge in [-0.3, -0.25) is 4.79 Å². The van der Waals surface area contributed by atoms with Gasteiger partial charge in [0.25, 0.3) is 0 Å². The Hall–Kier alpha value is -0.850. The number of aromatic nitrogens is 2. The van der Waals surface area contributed by atoms with Crippen molar-refractivity contribution in [2.24, 2.45) is 0 Å². The zero-order valence-electron chi connectivity index (χ0n) is 10.0. The molecule has 0 spiro atoms. The van der Waals surface area contributed by atoms with E-state index in [9.17, 15) is 4.79 Å². The van der Waals surface area contributed by atoms with Crippen LogP contribution in [0, 0.1) is 6.92 Å². The second kappa shape index (κ2) is 6.36. The van der Waals surface area contributed by atoms with Crippen molar-refractivity contribution in [1.29, 1.82) is 0 Å². The number of thioether (sulfide) groups is 2. The van der Waals surface area contributed by atoms with Crippen LogP contribution in [0.2, 0.25) is 0 Å². The minimum atomic E-state index is 0.138. The lowest BCUT2D eigenvalue weighted by atomic mass is 10.1. The van der Waals surface area contributed by atoms with Gasteiger partial charge in [-0.2, -0.15) is 0 Å². The van der Waals surface area contributed by atoms with Crippen LogP contribution in [0.1, 0.15) is 15.9 Å². The van der Waals surface area contributed by atoms with Crippen molar-refractivity contribution in [2.75, 3.05) is 12.0 Å². The maximum atomic E-state index is 12.0. The van der Waals surface area contributed by atoms with Crippen LogP contribution in [-0.4, -0.2) is 28.0 Å². The first-order valence-corrected chi connectivity index (χ1v) is 8.32. The van der Waals surface area contributed by atoms with Gasteiger partial charge >= 0.3 is 0 Å². The standard InChI is InChI=1S/C12H12N2OS3/c1-8-5-3-4-6-9(8)10(15)7-17-12-14-13-11(16-2)18-12/h3-6H,7H2,1-2H3. The average Bonchev–Trinajstić information content (AvgIpc) is 2.84. The molecule has 1 aromatic heterocycles. The highest BCUT2D eigenvalue weighted by Gasteiger charge is 2.11. The molecule has 0 atom stereocenters. The first-order chi connectivity index (χ1) is 8.70. The molecule has 1 heterocycles. The fourth-order valence-electron chi connectivity index (χ4n) is 1.43. The quantitative estimate of drug-likeness (QED) is 0.623. The monoisotopic (exact) mass is 296 g/mol. The molecule has 2 aromatic rings.